The first-order valence-corrected chi connectivity index (χ1v) is 25.0. The van der Waals surface area contributed by atoms with Crippen molar-refractivity contribution < 1.29 is 28.6 Å². The highest BCUT2D eigenvalue weighted by atomic mass is 32.1. The van der Waals surface area contributed by atoms with Crippen LogP contribution in [0.15, 0.2) is 48.2 Å². The van der Waals surface area contributed by atoms with Gasteiger partial charge in [0, 0.05) is 38.3 Å². The summed E-state index contributed by atoms with van der Waals surface area (Å²) < 4.78 is 19.0. The second-order valence-corrected chi connectivity index (χ2v) is 21.5. The molecule has 3 aromatic rings. The molecule has 4 fully saturated rings. The third kappa shape index (κ3) is 10.1. The number of hydrogen-bond acceptors (Lipinski definition) is 10. The molecule has 0 saturated heterocycles. The average Bonchev–Trinajstić information content (AvgIpc) is 3.84. The van der Waals surface area contributed by atoms with Crippen LogP contribution in [0.1, 0.15) is 148 Å². The zero-order valence-electron chi connectivity index (χ0n) is 38.5. The van der Waals surface area contributed by atoms with Gasteiger partial charge in [0.05, 0.1) is 22.7 Å². The number of pyridine rings is 1. The highest BCUT2D eigenvalue weighted by Gasteiger charge is 2.59. The van der Waals surface area contributed by atoms with Crippen LogP contribution in [0.5, 0.6) is 11.5 Å². The van der Waals surface area contributed by atoms with E-state index in [0.29, 0.717) is 16.9 Å². The number of carbonyl (C=O) groups excluding carboxylic acids is 3. The van der Waals surface area contributed by atoms with Crippen LogP contribution < -0.4 is 20.7 Å². The second kappa shape index (κ2) is 19.5. The minimum absolute atomic E-state index is 0.0699. The first-order chi connectivity index (χ1) is 30.3. The average molecular weight is 882 g/mol. The Labute approximate surface area is 378 Å². The molecule has 12 heteroatoms. The van der Waals surface area contributed by atoms with Crippen LogP contribution in [0.4, 0.5) is 9.93 Å². The van der Waals surface area contributed by atoms with Gasteiger partial charge in [0.15, 0.2) is 5.13 Å². The molecule has 2 amide bonds. The predicted molar refractivity (Wildman–Crippen MR) is 249 cm³/mol. The van der Waals surface area contributed by atoms with Gasteiger partial charge in [0.25, 0.3) is 5.91 Å². The van der Waals surface area contributed by atoms with Crippen molar-refractivity contribution >= 4 is 44.7 Å². The van der Waals surface area contributed by atoms with Gasteiger partial charge in [-0.25, -0.2) is 9.78 Å². The molecule has 11 nitrogen and oxygen atoms in total. The Hall–Kier alpha value is -4.19. The van der Waals surface area contributed by atoms with E-state index in [1.54, 1.807) is 25.4 Å². The van der Waals surface area contributed by atoms with Crippen molar-refractivity contribution in [1.29, 1.82) is 0 Å². The van der Waals surface area contributed by atoms with Crippen molar-refractivity contribution in [1.82, 2.24) is 20.6 Å². The monoisotopic (exact) mass is 882 g/mol. The van der Waals surface area contributed by atoms with Gasteiger partial charge in [-0.2, -0.15) is 0 Å². The highest BCUT2D eigenvalue weighted by Crippen LogP contribution is 2.67. The van der Waals surface area contributed by atoms with E-state index in [9.17, 15) is 14.4 Å². The van der Waals surface area contributed by atoms with E-state index < -0.39 is 6.09 Å². The lowest BCUT2D eigenvalue weighted by atomic mass is 9.47. The number of nitrogens with one attached hydrogen (secondary N) is 3. The van der Waals surface area contributed by atoms with Crippen molar-refractivity contribution in [2.75, 3.05) is 18.9 Å². The second-order valence-electron chi connectivity index (χ2n) is 20.5. The van der Waals surface area contributed by atoms with Crippen LogP contribution in [0.25, 0.3) is 10.2 Å². The molecule has 5 aliphatic carbocycles. The number of benzene rings is 1. The summed E-state index contributed by atoms with van der Waals surface area (Å²) in [6.07, 6.45) is 20.5. The molecule has 2 heterocycles. The van der Waals surface area contributed by atoms with Crippen molar-refractivity contribution in [2.24, 2.45) is 46.3 Å². The molecule has 8 rings (SSSR count). The number of rotatable bonds is 15. The minimum atomic E-state index is -0.449. The number of nitrogens with zero attached hydrogens (tertiary/aromatic N) is 2. The molecule has 0 bridgehead atoms. The Morgan fingerprint density at radius 1 is 0.921 bits per heavy atom. The number of ether oxygens (including phenoxy) is 3. The minimum Gasteiger partial charge on any atom is -0.460 e. The third-order valence-corrected chi connectivity index (χ3v) is 17.2. The van der Waals surface area contributed by atoms with Gasteiger partial charge in [0.2, 0.25) is 0 Å². The normalized spacial score (nSPS) is 30.6. The number of aromatic nitrogens is 2. The summed E-state index contributed by atoms with van der Waals surface area (Å²) in [5.74, 6) is 5.34. The van der Waals surface area contributed by atoms with Crippen molar-refractivity contribution in [3.8, 4) is 11.5 Å². The third-order valence-electron chi connectivity index (χ3n) is 16.2. The lowest BCUT2D eigenvalue weighted by Gasteiger charge is -2.58. The van der Waals surface area contributed by atoms with E-state index in [2.05, 4.69) is 61.6 Å². The van der Waals surface area contributed by atoms with E-state index in [4.69, 9.17) is 19.2 Å². The Bertz CT molecular complexity index is 2140. The molecule has 1 aromatic carbocycles. The van der Waals surface area contributed by atoms with Crippen molar-refractivity contribution in [2.45, 2.75) is 156 Å². The molecule has 0 spiro atoms. The number of amides is 2. The topological polar surface area (TPSA) is 141 Å². The Morgan fingerprint density at radius 2 is 1.75 bits per heavy atom. The van der Waals surface area contributed by atoms with E-state index in [1.165, 1.54) is 68.3 Å². The number of alkyl carbamates (subject to hydrolysis) is 1. The zero-order chi connectivity index (χ0) is 44.3. The molecule has 2 aromatic heterocycles. The van der Waals surface area contributed by atoms with Crippen LogP contribution >= 0.6 is 11.3 Å². The Balaban J connectivity index is 0.782. The van der Waals surface area contributed by atoms with Gasteiger partial charge in [-0.3, -0.25) is 14.6 Å². The molecule has 342 valence electrons. The van der Waals surface area contributed by atoms with Gasteiger partial charge in [-0.15, -0.1) is 0 Å². The molecular formula is C51H71N5O6S. The fourth-order valence-electron chi connectivity index (χ4n) is 12.9. The van der Waals surface area contributed by atoms with E-state index in [-0.39, 0.29) is 54.2 Å². The summed E-state index contributed by atoms with van der Waals surface area (Å²) in [7, 11) is 1.56. The molecule has 4 saturated carbocycles. The van der Waals surface area contributed by atoms with E-state index in [1.807, 2.05) is 18.2 Å². The molecule has 5 aliphatic rings. The van der Waals surface area contributed by atoms with Crippen molar-refractivity contribution in [3.63, 3.8) is 0 Å². The molecule has 3 N–H and O–H groups in total. The summed E-state index contributed by atoms with van der Waals surface area (Å²) >= 11 is 1.51. The maximum absolute atomic E-state index is 13.1. The number of thiazole rings is 1. The highest BCUT2D eigenvalue weighted by molar-refractivity contribution is 7.22. The maximum Gasteiger partial charge on any atom is 0.407 e. The smallest absolute Gasteiger partial charge is 0.407 e. The largest absolute Gasteiger partial charge is 0.460 e. The standard InChI is InChI=1S/C51H71N5O6S/c1-31(2)10-9-11-32(3)38-17-18-39-37-16-14-33-28-35(20-24-50(33,4)40(37)21-25-51(38,39)5)61-49(59)54-27-23-46(57)62-44-13-8-7-12-41(44)55-48-56-42-19-15-34(30-45(42)63-48)60-36-22-26-53-43(29-36)47(58)52-6/h14-15,19,22,26,29-32,35,37-41,44H,7-13,16-18,20-21,23-25,27-28H2,1-6H3,(H,52,58)(H,54,59)(H,55,56)/t32-,35+,37?,38-,39?,40?,41+,44?,50+,51-/m1/s1. The number of anilines is 1. The number of fused-ring (bicyclic) bond motifs is 6. The summed E-state index contributed by atoms with van der Waals surface area (Å²) in [5, 5.41) is 9.72. The molecule has 0 aliphatic heterocycles. The van der Waals surface area contributed by atoms with E-state index >= 15 is 0 Å². The van der Waals surface area contributed by atoms with Gasteiger partial charge in [0.1, 0.15) is 29.4 Å². The number of esters is 1. The molecule has 4 unspecified atom stereocenters. The Morgan fingerprint density at radius 3 is 2.57 bits per heavy atom. The SMILES string of the molecule is CNC(=O)c1cc(Oc2ccc3nc(N[C@H]4CCCCC4OC(=O)CCNC(=O)O[C@H]4CC[C@@]5(C)C(=CCC6C5CC[C@@]5(C)C6CC[C@@H]5[C@H](C)CCCC(C)C)C4)sc3c2)ccn1. The number of allylic oxidation sites excluding steroid dienone is 1. The molecule has 0 radical (unpaired) electrons. The van der Waals surface area contributed by atoms with Gasteiger partial charge >= 0.3 is 12.1 Å². The summed E-state index contributed by atoms with van der Waals surface area (Å²) in [4.78, 5) is 47.0. The predicted octanol–water partition coefficient (Wildman–Crippen LogP) is 11.6. The quantitative estimate of drug-likeness (QED) is 0.100. The first kappa shape index (κ1) is 45.4. The number of carbonyl (C=O) groups is 3. The fourth-order valence-corrected chi connectivity index (χ4v) is 13.9. The molecular weight excluding hydrogens is 811 g/mol. The van der Waals surface area contributed by atoms with E-state index in [0.717, 1.165) is 95.8 Å². The van der Waals surface area contributed by atoms with Gasteiger partial charge in [-0.1, -0.05) is 83.3 Å². The van der Waals surface area contributed by atoms with Crippen LogP contribution in [0, 0.1) is 46.3 Å². The Kier molecular flexibility index (Phi) is 14.0. The van der Waals surface area contributed by atoms with Gasteiger partial charge < -0.3 is 30.2 Å². The molecule has 10 atom stereocenters. The lowest BCUT2D eigenvalue weighted by Crippen LogP contribution is -2.51. The number of hydrogen-bond donors (Lipinski definition) is 3. The van der Waals surface area contributed by atoms with Crippen LogP contribution in [-0.4, -0.2) is 59.8 Å². The van der Waals surface area contributed by atoms with Crippen LogP contribution in [-0.2, 0) is 14.3 Å². The lowest BCUT2D eigenvalue weighted by molar-refractivity contribution is -0.150. The first-order valence-electron chi connectivity index (χ1n) is 24.2. The molecule has 63 heavy (non-hydrogen) atoms. The van der Waals surface area contributed by atoms with Crippen LogP contribution in [0.3, 0.4) is 0 Å². The van der Waals surface area contributed by atoms with Gasteiger partial charge in [-0.05, 0) is 129 Å². The zero-order valence-corrected chi connectivity index (χ0v) is 39.3. The fraction of sp³-hybridized carbons (Fsp3) is 0.667. The maximum atomic E-state index is 13.1. The summed E-state index contributed by atoms with van der Waals surface area (Å²) in [6, 6.07) is 8.91. The summed E-state index contributed by atoms with van der Waals surface area (Å²) in [5.41, 5.74) is 3.29. The van der Waals surface area contributed by atoms with Crippen LogP contribution in [0.2, 0.25) is 0 Å². The van der Waals surface area contributed by atoms with Crippen molar-refractivity contribution in [3.05, 3.63) is 53.9 Å². The summed E-state index contributed by atoms with van der Waals surface area (Å²) in [6.45, 7) is 12.6.